The third-order valence-electron chi connectivity index (χ3n) is 1.86. The first kappa shape index (κ1) is 10.1. The largest absolute Gasteiger partial charge is 0.391 e. The molecule has 4 N–H and O–H groups in total. The normalized spacial score (nSPS) is 11.0. The molecule has 14 heavy (non-hydrogen) atoms. The molecule has 6 heteroatoms. The summed E-state index contributed by atoms with van der Waals surface area (Å²) in [4.78, 5) is 22.8. The lowest BCUT2D eigenvalue weighted by Gasteiger charge is -2.08. The Kier molecular flexibility index (Phi) is 2.46. The van der Waals surface area contributed by atoms with Crippen LogP contribution in [-0.4, -0.2) is 9.13 Å². The lowest BCUT2D eigenvalue weighted by Crippen LogP contribution is -2.39. The van der Waals surface area contributed by atoms with Crippen LogP contribution < -0.4 is 22.7 Å². The molecule has 0 saturated carbocycles. The van der Waals surface area contributed by atoms with Gasteiger partial charge in [-0.15, -0.1) is 0 Å². The minimum atomic E-state index is -0.576. The molecule has 0 aromatic carbocycles. The number of hydrogen-bond donors (Lipinski definition) is 2. The van der Waals surface area contributed by atoms with Crippen LogP contribution >= 0.6 is 0 Å². The Hall–Kier alpha value is -1.98. The van der Waals surface area contributed by atoms with Crippen molar-refractivity contribution in [2.45, 2.75) is 6.92 Å². The van der Waals surface area contributed by atoms with Crippen LogP contribution in [0.3, 0.4) is 0 Å². The first-order valence-electron chi connectivity index (χ1n) is 4.00. The Morgan fingerprint density at radius 1 is 1.29 bits per heavy atom. The predicted octanol–water partition coefficient (Wildman–Crippen LogP) is -0.798. The predicted molar refractivity (Wildman–Crippen MR) is 55.8 cm³/mol. The Labute approximate surface area is 80.1 Å². The quantitative estimate of drug-likeness (QED) is 0.614. The van der Waals surface area contributed by atoms with Crippen molar-refractivity contribution < 1.29 is 0 Å². The summed E-state index contributed by atoms with van der Waals surface area (Å²) in [5, 5.41) is 0. The molecular formula is C8H12N4O2. The average Bonchev–Trinajstić information content (AvgIpc) is 2.19. The highest BCUT2D eigenvalue weighted by atomic mass is 16.2. The van der Waals surface area contributed by atoms with E-state index in [0.717, 1.165) is 9.13 Å². The molecule has 0 aliphatic carbocycles. The minimum Gasteiger partial charge on any atom is -0.391 e. The Morgan fingerprint density at radius 2 is 1.86 bits per heavy atom. The second-order valence-electron chi connectivity index (χ2n) is 2.80. The molecule has 0 bridgehead atoms. The van der Waals surface area contributed by atoms with Gasteiger partial charge in [0.2, 0.25) is 0 Å². The lowest BCUT2D eigenvalue weighted by atomic mass is 10.4. The van der Waals surface area contributed by atoms with E-state index >= 15 is 0 Å². The van der Waals surface area contributed by atoms with Crippen LogP contribution in [0.2, 0.25) is 0 Å². The molecular weight excluding hydrogens is 184 g/mol. The van der Waals surface area contributed by atoms with Crippen molar-refractivity contribution in [2.75, 3.05) is 11.5 Å². The van der Waals surface area contributed by atoms with Crippen molar-refractivity contribution in [1.29, 1.82) is 0 Å². The maximum atomic E-state index is 11.5. The first-order chi connectivity index (χ1) is 6.50. The Morgan fingerprint density at radius 3 is 2.36 bits per heavy atom. The fourth-order valence-corrected chi connectivity index (χ4v) is 1.06. The molecule has 1 aromatic heterocycles. The molecule has 1 rings (SSSR count). The molecule has 0 atom stereocenters. The van der Waals surface area contributed by atoms with Gasteiger partial charge in [0.1, 0.15) is 11.5 Å². The van der Waals surface area contributed by atoms with E-state index in [9.17, 15) is 9.59 Å². The van der Waals surface area contributed by atoms with E-state index in [1.807, 2.05) is 0 Å². The van der Waals surface area contributed by atoms with Crippen molar-refractivity contribution in [2.24, 2.45) is 7.05 Å². The van der Waals surface area contributed by atoms with Crippen molar-refractivity contribution in [3.05, 3.63) is 26.9 Å². The molecule has 0 radical (unpaired) electrons. The number of aromatic nitrogens is 2. The highest BCUT2D eigenvalue weighted by Gasteiger charge is 2.09. The van der Waals surface area contributed by atoms with Gasteiger partial charge in [-0.1, -0.05) is 6.08 Å². The standard InChI is InChI=1S/C8H12N4O2/c1-3-4-12-6(10)5(9)7(13)11(2)8(12)14/h3-4H,9-10H2,1-2H3/b4-3+. The Balaban J connectivity index is 3.78. The maximum Gasteiger partial charge on any atom is 0.336 e. The number of nitrogens with two attached hydrogens (primary N) is 2. The van der Waals surface area contributed by atoms with E-state index in [-0.39, 0.29) is 11.5 Å². The molecule has 1 aromatic rings. The number of allylic oxidation sites excluding steroid dienone is 1. The van der Waals surface area contributed by atoms with E-state index in [2.05, 4.69) is 0 Å². The highest BCUT2D eigenvalue weighted by Crippen LogP contribution is 2.05. The average molecular weight is 196 g/mol. The van der Waals surface area contributed by atoms with Crippen LogP contribution in [0.25, 0.3) is 6.20 Å². The summed E-state index contributed by atoms with van der Waals surface area (Å²) < 4.78 is 2.03. The van der Waals surface area contributed by atoms with Crippen molar-refractivity contribution in [3.63, 3.8) is 0 Å². The van der Waals surface area contributed by atoms with E-state index in [0.29, 0.717) is 0 Å². The number of nitrogens with zero attached hydrogens (tertiary/aromatic N) is 2. The topological polar surface area (TPSA) is 96.0 Å². The smallest absolute Gasteiger partial charge is 0.336 e. The van der Waals surface area contributed by atoms with Crippen LogP contribution in [0.1, 0.15) is 6.92 Å². The van der Waals surface area contributed by atoms with Gasteiger partial charge in [0.25, 0.3) is 5.56 Å². The fraction of sp³-hybridized carbons (Fsp3) is 0.250. The Bertz CT molecular complexity index is 495. The first-order valence-corrected chi connectivity index (χ1v) is 4.00. The van der Waals surface area contributed by atoms with Gasteiger partial charge in [0.05, 0.1) is 0 Å². The number of hydrogen-bond acceptors (Lipinski definition) is 4. The number of nitrogen functional groups attached to an aromatic ring is 2. The zero-order valence-electron chi connectivity index (χ0n) is 8.02. The molecule has 76 valence electrons. The second kappa shape index (κ2) is 3.41. The van der Waals surface area contributed by atoms with E-state index in [4.69, 9.17) is 11.5 Å². The van der Waals surface area contributed by atoms with Crippen LogP contribution in [0.15, 0.2) is 15.7 Å². The lowest BCUT2D eigenvalue weighted by molar-refractivity contribution is 0.752. The van der Waals surface area contributed by atoms with Gasteiger partial charge in [-0.2, -0.15) is 0 Å². The third kappa shape index (κ3) is 1.30. The molecule has 0 spiro atoms. The summed E-state index contributed by atoms with van der Waals surface area (Å²) in [6.07, 6.45) is 3.08. The minimum absolute atomic E-state index is 0.0313. The van der Waals surface area contributed by atoms with Gasteiger partial charge >= 0.3 is 5.69 Å². The second-order valence-corrected chi connectivity index (χ2v) is 2.80. The van der Waals surface area contributed by atoms with Crippen LogP contribution in [0, 0.1) is 0 Å². The van der Waals surface area contributed by atoms with Gasteiger partial charge in [-0.3, -0.25) is 13.9 Å². The molecule has 0 aliphatic rings. The molecule has 0 fully saturated rings. The van der Waals surface area contributed by atoms with Crippen molar-refractivity contribution >= 4 is 17.7 Å². The zero-order chi connectivity index (χ0) is 10.9. The van der Waals surface area contributed by atoms with Crippen molar-refractivity contribution in [1.82, 2.24) is 9.13 Å². The van der Waals surface area contributed by atoms with Crippen LogP contribution in [0.4, 0.5) is 11.5 Å². The summed E-state index contributed by atoms with van der Waals surface area (Å²) in [5.41, 5.74) is 9.73. The summed E-state index contributed by atoms with van der Waals surface area (Å²) in [5.74, 6) is -0.0313. The van der Waals surface area contributed by atoms with E-state index in [1.54, 1.807) is 13.0 Å². The van der Waals surface area contributed by atoms with E-state index in [1.165, 1.54) is 13.2 Å². The SMILES string of the molecule is C/C=C/n1c(N)c(N)c(=O)n(C)c1=O. The molecule has 0 saturated heterocycles. The monoisotopic (exact) mass is 196 g/mol. The zero-order valence-corrected chi connectivity index (χ0v) is 8.02. The van der Waals surface area contributed by atoms with Gasteiger partial charge in [0, 0.05) is 13.2 Å². The molecule has 0 unspecified atom stereocenters. The van der Waals surface area contributed by atoms with Gasteiger partial charge in [-0.25, -0.2) is 4.79 Å². The van der Waals surface area contributed by atoms with Crippen LogP contribution in [-0.2, 0) is 7.05 Å². The van der Waals surface area contributed by atoms with E-state index < -0.39 is 11.2 Å². The van der Waals surface area contributed by atoms with Gasteiger partial charge in [0.15, 0.2) is 0 Å². The number of anilines is 2. The fourth-order valence-electron chi connectivity index (χ4n) is 1.06. The summed E-state index contributed by atoms with van der Waals surface area (Å²) in [6, 6.07) is 0. The molecule has 6 nitrogen and oxygen atoms in total. The van der Waals surface area contributed by atoms with Gasteiger partial charge in [-0.05, 0) is 6.92 Å². The molecule has 0 amide bonds. The van der Waals surface area contributed by atoms with Crippen LogP contribution in [0.5, 0.6) is 0 Å². The summed E-state index contributed by atoms with van der Waals surface area (Å²) in [6.45, 7) is 1.73. The summed E-state index contributed by atoms with van der Waals surface area (Å²) in [7, 11) is 1.35. The summed E-state index contributed by atoms with van der Waals surface area (Å²) >= 11 is 0. The van der Waals surface area contributed by atoms with Gasteiger partial charge < -0.3 is 11.5 Å². The molecule has 0 aliphatic heterocycles. The highest BCUT2D eigenvalue weighted by molar-refractivity contribution is 5.59. The maximum absolute atomic E-state index is 11.5. The molecule has 1 heterocycles. The van der Waals surface area contributed by atoms with Crippen molar-refractivity contribution in [3.8, 4) is 0 Å². The third-order valence-corrected chi connectivity index (χ3v) is 1.86. The number of rotatable bonds is 1.